The molecule has 0 atom stereocenters. The topological polar surface area (TPSA) is 181 Å². The molecule has 5 radical (unpaired) electrons. The van der Waals surface area contributed by atoms with Gasteiger partial charge in [-0.15, -0.1) is 0 Å². The zero-order valence-electron chi connectivity index (χ0n) is 17.6. The average Bonchev–Trinajstić information content (AvgIpc) is 3.24. The standard InChI is InChI=1S/C20H29N2O10/c23-16(24)5-8-30-12-20(13-31-9-6-17(25)26,14-32-10-7-18(27)28)22-19(29)21-11-15-3-1-2-4-15/h1-4H,5-14H2,(H,23,24)(H,25,26)(H,27,28)(H2,21,22,29). The van der Waals surface area contributed by atoms with Crippen molar-refractivity contribution in [1.29, 1.82) is 0 Å². The zero-order valence-corrected chi connectivity index (χ0v) is 17.6. The van der Waals surface area contributed by atoms with Crippen molar-refractivity contribution in [3.8, 4) is 0 Å². The first-order valence-electron chi connectivity index (χ1n) is 9.88. The number of ether oxygens (including phenoxy) is 3. The van der Waals surface area contributed by atoms with Gasteiger partial charge in [0.05, 0.1) is 58.9 Å². The Morgan fingerprint density at radius 1 is 0.750 bits per heavy atom. The van der Waals surface area contributed by atoms with Crippen LogP contribution in [-0.2, 0) is 28.6 Å². The van der Waals surface area contributed by atoms with E-state index in [1.54, 1.807) is 0 Å². The molecular weight excluding hydrogens is 428 g/mol. The maximum Gasteiger partial charge on any atom is 0.315 e. The molecule has 0 bridgehead atoms. The van der Waals surface area contributed by atoms with Crippen molar-refractivity contribution in [2.45, 2.75) is 24.8 Å². The average molecular weight is 457 g/mol. The second-order valence-corrected chi connectivity index (χ2v) is 6.97. The molecule has 0 spiro atoms. The number of carbonyl (C=O) groups is 4. The summed E-state index contributed by atoms with van der Waals surface area (Å²) < 4.78 is 16.2. The number of hydrogen-bond donors (Lipinski definition) is 5. The molecule has 179 valence electrons. The third-order valence-corrected chi connectivity index (χ3v) is 4.08. The van der Waals surface area contributed by atoms with Crippen LogP contribution in [0.1, 0.15) is 19.3 Å². The highest BCUT2D eigenvalue weighted by Gasteiger charge is 2.34. The Bertz CT molecular complexity index is 552. The molecule has 0 aromatic carbocycles. The molecular formula is C20H29N2O10. The van der Waals surface area contributed by atoms with E-state index in [1.165, 1.54) is 0 Å². The first-order chi connectivity index (χ1) is 15.2. The maximum absolute atomic E-state index is 12.5. The quantitative estimate of drug-likeness (QED) is 0.174. The summed E-state index contributed by atoms with van der Waals surface area (Å²) in [5, 5.41) is 31.7. The molecule has 0 saturated heterocycles. The number of hydrogen-bond acceptors (Lipinski definition) is 7. The van der Waals surface area contributed by atoms with Gasteiger partial charge in [-0.3, -0.25) is 14.4 Å². The highest BCUT2D eigenvalue weighted by molar-refractivity contribution is 5.75. The lowest BCUT2D eigenvalue weighted by molar-refractivity contribution is -0.139. The molecule has 0 unspecified atom stereocenters. The van der Waals surface area contributed by atoms with Crippen molar-refractivity contribution in [1.82, 2.24) is 10.6 Å². The van der Waals surface area contributed by atoms with Crippen molar-refractivity contribution in [3.63, 3.8) is 0 Å². The number of rotatable bonds is 18. The number of urea groups is 1. The molecule has 12 heteroatoms. The molecule has 2 amide bonds. The summed E-state index contributed by atoms with van der Waals surface area (Å²) in [5.74, 6) is -2.32. The minimum atomic E-state index is -1.31. The number of aliphatic carboxylic acids is 3. The van der Waals surface area contributed by atoms with Gasteiger partial charge < -0.3 is 40.2 Å². The predicted octanol–water partition coefficient (Wildman–Crippen LogP) is -0.0964. The fourth-order valence-corrected chi connectivity index (χ4v) is 2.51. The Morgan fingerprint density at radius 3 is 1.53 bits per heavy atom. The molecule has 1 saturated carbocycles. The highest BCUT2D eigenvalue weighted by Crippen LogP contribution is 2.21. The fourth-order valence-electron chi connectivity index (χ4n) is 2.51. The van der Waals surface area contributed by atoms with Crippen LogP contribution in [0.4, 0.5) is 4.79 Å². The van der Waals surface area contributed by atoms with Gasteiger partial charge in [-0.05, 0) is 25.7 Å². The van der Waals surface area contributed by atoms with E-state index in [0.717, 1.165) is 5.92 Å². The maximum atomic E-state index is 12.5. The molecule has 0 heterocycles. The van der Waals surface area contributed by atoms with Gasteiger partial charge in [0, 0.05) is 12.5 Å². The van der Waals surface area contributed by atoms with Crippen LogP contribution in [0.25, 0.3) is 0 Å². The molecule has 1 aliphatic rings. The molecule has 0 aromatic heterocycles. The summed E-state index contributed by atoms with van der Waals surface area (Å²) >= 11 is 0. The number of nitrogens with one attached hydrogen (secondary N) is 2. The van der Waals surface area contributed by atoms with Crippen LogP contribution in [0.3, 0.4) is 0 Å². The van der Waals surface area contributed by atoms with Gasteiger partial charge in [-0.2, -0.15) is 0 Å². The summed E-state index contributed by atoms with van der Waals surface area (Å²) in [6.45, 7) is -0.790. The number of amides is 2. The summed E-state index contributed by atoms with van der Waals surface area (Å²) in [6.07, 6.45) is 6.50. The Hall–Kier alpha value is -2.44. The van der Waals surface area contributed by atoms with E-state index in [1.807, 2.05) is 25.7 Å². The lowest BCUT2D eigenvalue weighted by Gasteiger charge is -2.34. The second kappa shape index (κ2) is 15.4. The fraction of sp³-hybridized carbons (Fsp3) is 0.550. The van der Waals surface area contributed by atoms with Crippen LogP contribution in [0.15, 0.2) is 0 Å². The lowest BCUT2D eigenvalue weighted by atomic mass is 10.0. The minimum absolute atomic E-state index is 0.141. The van der Waals surface area contributed by atoms with E-state index >= 15 is 0 Å². The molecule has 32 heavy (non-hydrogen) atoms. The SMILES string of the molecule is O=C(O)CCOCC(COCCC(=O)O)(COCCC(=O)O)NC(=O)NC[C]1[CH][CH][CH][CH]1. The summed E-state index contributed by atoms with van der Waals surface area (Å²) in [7, 11) is 0. The normalized spacial score (nSPS) is 14.2. The molecule has 0 aromatic rings. The van der Waals surface area contributed by atoms with Crippen molar-refractivity contribution in [2.75, 3.05) is 46.2 Å². The van der Waals surface area contributed by atoms with Crippen molar-refractivity contribution in [3.05, 3.63) is 31.6 Å². The summed E-state index contributed by atoms with van der Waals surface area (Å²) in [6, 6.07) is -0.586. The minimum Gasteiger partial charge on any atom is -0.481 e. The third-order valence-electron chi connectivity index (χ3n) is 4.08. The van der Waals surface area contributed by atoms with Crippen LogP contribution in [0.2, 0.25) is 0 Å². The lowest BCUT2D eigenvalue weighted by Crippen LogP contribution is -2.61. The monoisotopic (exact) mass is 457 g/mol. The van der Waals surface area contributed by atoms with Crippen LogP contribution < -0.4 is 10.6 Å². The largest absolute Gasteiger partial charge is 0.481 e. The van der Waals surface area contributed by atoms with E-state index in [-0.39, 0.29) is 65.4 Å². The van der Waals surface area contributed by atoms with Crippen molar-refractivity contribution in [2.24, 2.45) is 0 Å². The van der Waals surface area contributed by atoms with Gasteiger partial charge in [0.25, 0.3) is 0 Å². The molecule has 1 fully saturated rings. The van der Waals surface area contributed by atoms with E-state index in [0.29, 0.717) is 0 Å². The third kappa shape index (κ3) is 13.1. The van der Waals surface area contributed by atoms with Gasteiger partial charge in [-0.25, -0.2) is 4.79 Å². The summed E-state index contributed by atoms with van der Waals surface area (Å²) in [4.78, 5) is 44.7. The van der Waals surface area contributed by atoms with Gasteiger partial charge in [0.15, 0.2) is 0 Å². The van der Waals surface area contributed by atoms with Crippen LogP contribution in [-0.4, -0.2) is 91.0 Å². The van der Waals surface area contributed by atoms with Gasteiger partial charge in [0.1, 0.15) is 5.54 Å². The molecule has 12 nitrogen and oxygen atoms in total. The number of carbonyl (C=O) groups excluding carboxylic acids is 1. The summed E-state index contributed by atoms with van der Waals surface area (Å²) in [5.41, 5.74) is -1.31. The predicted molar refractivity (Wildman–Crippen MR) is 109 cm³/mol. The highest BCUT2D eigenvalue weighted by atomic mass is 16.5. The van der Waals surface area contributed by atoms with E-state index in [4.69, 9.17) is 29.5 Å². The Morgan fingerprint density at radius 2 is 1.16 bits per heavy atom. The second-order valence-electron chi connectivity index (χ2n) is 6.97. The van der Waals surface area contributed by atoms with Crippen molar-refractivity contribution < 1.29 is 48.7 Å². The number of carboxylic acid groups (broad SMARTS) is 3. The zero-order chi connectivity index (χ0) is 23.8. The van der Waals surface area contributed by atoms with E-state index < -0.39 is 29.5 Å². The van der Waals surface area contributed by atoms with Gasteiger partial charge >= 0.3 is 23.9 Å². The first kappa shape index (κ1) is 27.6. The van der Waals surface area contributed by atoms with Crippen molar-refractivity contribution >= 4 is 23.9 Å². The number of carboxylic acids is 3. The Labute approximate surface area is 186 Å². The van der Waals surface area contributed by atoms with Crippen LogP contribution >= 0.6 is 0 Å². The molecule has 5 N–H and O–H groups in total. The van der Waals surface area contributed by atoms with Gasteiger partial charge in [-0.1, -0.05) is 0 Å². The molecule has 0 aliphatic heterocycles. The van der Waals surface area contributed by atoms with Gasteiger partial charge in [0.2, 0.25) is 0 Å². The smallest absolute Gasteiger partial charge is 0.315 e. The Kier molecular flexibility index (Phi) is 13.3. The van der Waals surface area contributed by atoms with Crippen LogP contribution in [0.5, 0.6) is 0 Å². The molecule has 1 aliphatic carbocycles. The van der Waals surface area contributed by atoms with Crippen LogP contribution in [0, 0.1) is 31.6 Å². The van der Waals surface area contributed by atoms with E-state index in [9.17, 15) is 19.2 Å². The van der Waals surface area contributed by atoms with E-state index in [2.05, 4.69) is 10.6 Å². The Balaban J connectivity index is 2.77. The first-order valence-corrected chi connectivity index (χ1v) is 9.88. The molecule has 1 rings (SSSR count).